The number of rotatable bonds is 8. The fourth-order valence-electron chi connectivity index (χ4n) is 2.93. The summed E-state index contributed by atoms with van der Waals surface area (Å²) in [5, 5.41) is 8.72. The van der Waals surface area contributed by atoms with Gasteiger partial charge < -0.3 is 9.84 Å². The fraction of sp³-hybridized carbons (Fsp3) is 0.588. The Morgan fingerprint density at radius 1 is 1.38 bits per heavy atom. The number of benzene rings is 1. The largest absolute Gasteiger partial charge is 0.492 e. The van der Waals surface area contributed by atoms with Gasteiger partial charge in [-0.2, -0.15) is 0 Å². The van der Waals surface area contributed by atoms with Crippen molar-refractivity contribution in [1.29, 1.82) is 0 Å². The van der Waals surface area contributed by atoms with Crippen molar-refractivity contribution in [2.75, 3.05) is 26.2 Å². The van der Waals surface area contributed by atoms with Gasteiger partial charge in [0.2, 0.25) is 0 Å². The van der Waals surface area contributed by atoms with Gasteiger partial charge in [-0.3, -0.25) is 9.69 Å². The molecule has 1 heterocycles. The molecule has 0 amide bonds. The van der Waals surface area contributed by atoms with E-state index < -0.39 is 5.97 Å². The minimum absolute atomic E-state index is 0.0624. The van der Waals surface area contributed by atoms with Gasteiger partial charge in [-0.05, 0) is 43.0 Å². The Labute approximate surface area is 126 Å². The van der Waals surface area contributed by atoms with Crippen LogP contribution in [0.5, 0.6) is 5.75 Å². The average Bonchev–Trinajstić information content (AvgIpc) is 2.88. The van der Waals surface area contributed by atoms with Crippen LogP contribution in [0.4, 0.5) is 0 Å². The van der Waals surface area contributed by atoms with Crippen LogP contribution in [0.1, 0.15) is 31.7 Å². The molecule has 0 bridgehead atoms. The van der Waals surface area contributed by atoms with E-state index in [9.17, 15) is 4.79 Å². The van der Waals surface area contributed by atoms with Gasteiger partial charge in [0.05, 0.1) is 6.42 Å². The van der Waals surface area contributed by atoms with E-state index in [1.54, 1.807) is 0 Å². The molecule has 1 saturated heterocycles. The van der Waals surface area contributed by atoms with E-state index >= 15 is 0 Å². The fourth-order valence-corrected chi connectivity index (χ4v) is 2.93. The van der Waals surface area contributed by atoms with Gasteiger partial charge in [-0.1, -0.05) is 25.5 Å². The lowest BCUT2D eigenvalue weighted by Crippen LogP contribution is -2.26. The zero-order chi connectivity index (χ0) is 15.1. The number of aliphatic carboxylic acids is 1. The van der Waals surface area contributed by atoms with Gasteiger partial charge in [-0.25, -0.2) is 0 Å². The first-order valence-electron chi connectivity index (χ1n) is 7.83. The summed E-state index contributed by atoms with van der Waals surface area (Å²) in [7, 11) is 0. The summed E-state index contributed by atoms with van der Waals surface area (Å²) in [4.78, 5) is 13.1. The van der Waals surface area contributed by atoms with E-state index in [2.05, 4.69) is 11.8 Å². The Morgan fingerprint density at radius 2 is 2.14 bits per heavy atom. The maximum Gasteiger partial charge on any atom is 0.307 e. The van der Waals surface area contributed by atoms with Crippen molar-refractivity contribution < 1.29 is 14.6 Å². The highest BCUT2D eigenvalue weighted by Gasteiger charge is 2.21. The zero-order valence-electron chi connectivity index (χ0n) is 12.8. The van der Waals surface area contributed by atoms with E-state index in [1.807, 2.05) is 24.3 Å². The molecule has 1 unspecified atom stereocenters. The predicted octanol–water partition coefficient (Wildman–Crippen LogP) is 2.81. The average molecular weight is 291 g/mol. The molecule has 1 aliphatic rings. The monoisotopic (exact) mass is 291 g/mol. The molecule has 0 radical (unpaired) electrons. The van der Waals surface area contributed by atoms with E-state index in [-0.39, 0.29) is 6.42 Å². The number of likely N-dealkylation sites (tertiary alicyclic amines) is 1. The summed E-state index contributed by atoms with van der Waals surface area (Å²) < 4.78 is 5.73. The number of hydrogen-bond donors (Lipinski definition) is 1. The van der Waals surface area contributed by atoms with Gasteiger partial charge >= 0.3 is 5.97 Å². The van der Waals surface area contributed by atoms with Crippen molar-refractivity contribution in [1.82, 2.24) is 4.90 Å². The standard InChI is InChI=1S/C17H25NO3/c1-2-3-15-8-9-18(13-15)10-11-21-16-6-4-14(5-7-16)12-17(19)20/h4-7,15H,2-3,8-13H2,1H3,(H,19,20). The molecule has 0 spiro atoms. The van der Waals surface area contributed by atoms with Gasteiger partial charge in [0.1, 0.15) is 12.4 Å². The van der Waals surface area contributed by atoms with E-state index in [0.717, 1.165) is 23.8 Å². The number of nitrogens with zero attached hydrogens (tertiary/aromatic N) is 1. The van der Waals surface area contributed by atoms with Gasteiger partial charge in [0.15, 0.2) is 0 Å². The smallest absolute Gasteiger partial charge is 0.307 e. The molecule has 1 aromatic rings. The zero-order valence-corrected chi connectivity index (χ0v) is 12.8. The Kier molecular flexibility index (Phi) is 6.05. The lowest BCUT2D eigenvalue weighted by Gasteiger charge is -2.16. The van der Waals surface area contributed by atoms with Crippen LogP contribution >= 0.6 is 0 Å². The molecular weight excluding hydrogens is 266 g/mol. The Hall–Kier alpha value is -1.55. The van der Waals surface area contributed by atoms with Crippen LogP contribution in [-0.4, -0.2) is 42.2 Å². The SMILES string of the molecule is CCCC1CCN(CCOc2ccc(CC(=O)O)cc2)C1. The molecule has 4 heteroatoms. The molecule has 0 aromatic heterocycles. The Balaban J connectivity index is 1.68. The van der Waals surface area contributed by atoms with Crippen LogP contribution in [0.2, 0.25) is 0 Å². The number of hydrogen-bond acceptors (Lipinski definition) is 3. The molecule has 1 atom stereocenters. The Morgan fingerprint density at radius 3 is 2.81 bits per heavy atom. The van der Waals surface area contributed by atoms with Crippen molar-refractivity contribution in [2.45, 2.75) is 32.6 Å². The van der Waals surface area contributed by atoms with Crippen LogP contribution in [0.15, 0.2) is 24.3 Å². The lowest BCUT2D eigenvalue weighted by molar-refractivity contribution is -0.136. The van der Waals surface area contributed by atoms with Gasteiger partial charge in [0, 0.05) is 13.1 Å². The first-order chi connectivity index (χ1) is 10.2. The second-order valence-electron chi connectivity index (χ2n) is 5.81. The molecule has 0 aliphatic carbocycles. The summed E-state index contributed by atoms with van der Waals surface area (Å²) in [6, 6.07) is 7.33. The normalized spacial score (nSPS) is 18.8. The molecule has 4 nitrogen and oxygen atoms in total. The first-order valence-corrected chi connectivity index (χ1v) is 7.83. The molecule has 1 aromatic carbocycles. The lowest BCUT2D eigenvalue weighted by atomic mass is 10.0. The number of carboxylic acid groups (broad SMARTS) is 1. The third-order valence-electron chi connectivity index (χ3n) is 4.02. The second kappa shape index (κ2) is 8.03. The molecule has 2 rings (SSSR count). The number of carboxylic acids is 1. The molecule has 1 aliphatic heterocycles. The molecular formula is C17H25NO3. The van der Waals surface area contributed by atoms with Crippen LogP contribution < -0.4 is 4.74 Å². The number of ether oxygens (including phenoxy) is 1. The topological polar surface area (TPSA) is 49.8 Å². The highest BCUT2D eigenvalue weighted by atomic mass is 16.5. The first kappa shape index (κ1) is 15.8. The van der Waals surface area contributed by atoms with Crippen molar-refractivity contribution >= 4 is 5.97 Å². The maximum atomic E-state index is 10.6. The quantitative estimate of drug-likeness (QED) is 0.800. The van der Waals surface area contributed by atoms with E-state index in [0.29, 0.717) is 6.61 Å². The van der Waals surface area contributed by atoms with Crippen molar-refractivity contribution in [3.8, 4) is 5.75 Å². The minimum atomic E-state index is -0.806. The molecule has 1 fully saturated rings. The molecule has 21 heavy (non-hydrogen) atoms. The van der Waals surface area contributed by atoms with Crippen molar-refractivity contribution in [3.63, 3.8) is 0 Å². The highest BCUT2D eigenvalue weighted by Crippen LogP contribution is 2.20. The van der Waals surface area contributed by atoms with Gasteiger partial charge in [0.25, 0.3) is 0 Å². The molecule has 116 valence electrons. The van der Waals surface area contributed by atoms with Crippen molar-refractivity contribution in [3.05, 3.63) is 29.8 Å². The van der Waals surface area contributed by atoms with Crippen LogP contribution in [0.3, 0.4) is 0 Å². The van der Waals surface area contributed by atoms with Crippen LogP contribution in [-0.2, 0) is 11.2 Å². The summed E-state index contributed by atoms with van der Waals surface area (Å²) in [6.45, 7) is 6.30. The summed E-state index contributed by atoms with van der Waals surface area (Å²) in [5.74, 6) is 0.873. The predicted molar refractivity (Wildman–Crippen MR) is 82.7 cm³/mol. The number of carbonyl (C=O) groups is 1. The summed E-state index contributed by atoms with van der Waals surface area (Å²) >= 11 is 0. The van der Waals surface area contributed by atoms with Crippen molar-refractivity contribution in [2.24, 2.45) is 5.92 Å². The summed E-state index contributed by atoms with van der Waals surface area (Å²) in [6.07, 6.45) is 3.99. The maximum absolute atomic E-state index is 10.6. The third-order valence-corrected chi connectivity index (χ3v) is 4.02. The van der Waals surface area contributed by atoms with Crippen LogP contribution in [0, 0.1) is 5.92 Å². The Bertz CT molecular complexity index is 444. The second-order valence-corrected chi connectivity index (χ2v) is 5.81. The summed E-state index contributed by atoms with van der Waals surface area (Å²) in [5.41, 5.74) is 0.803. The van der Waals surface area contributed by atoms with E-state index in [4.69, 9.17) is 9.84 Å². The molecule has 0 saturated carbocycles. The van der Waals surface area contributed by atoms with Gasteiger partial charge in [-0.15, -0.1) is 0 Å². The minimum Gasteiger partial charge on any atom is -0.492 e. The highest BCUT2D eigenvalue weighted by molar-refractivity contribution is 5.70. The van der Waals surface area contributed by atoms with Crippen LogP contribution in [0.25, 0.3) is 0 Å². The third kappa shape index (κ3) is 5.38. The van der Waals surface area contributed by atoms with E-state index in [1.165, 1.54) is 32.4 Å². The molecule has 1 N–H and O–H groups in total.